The van der Waals surface area contributed by atoms with E-state index >= 15 is 0 Å². The third-order valence-electron chi connectivity index (χ3n) is 3.32. The van der Waals surface area contributed by atoms with Gasteiger partial charge in [-0.1, -0.05) is 18.5 Å². The maximum absolute atomic E-state index is 12.4. The lowest BCUT2D eigenvalue weighted by molar-refractivity contribution is 0.0579. The van der Waals surface area contributed by atoms with E-state index in [0.29, 0.717) is 22.4 Å². The molecule has 6 heteroatoms. The molecule has 0 bridgehead atoms. The summed E-state index contributed by atoms with van der Waals surface area (Å²) in [5.41, 5.74) is 5.76. The molecule has 0 aromatic carbocycles. The Morgan fingerprint density at radius 1 is 1.67 bits per heavy atom. The molecule has 2 N–H and O–H groups in total. The molecule has 0 saturated carbocycles. The summed E-state index contributed by atoms with van der Waals surface area (Å²) in [6.45, 7) is 3.53. The summed E-state index contributed by atoms with van der Waals surface area (Å²) >= 11 is 7.41. The molecule has 0 spiro atoms. The average molecular weight is 309 g/mol. The number of piperidine rings is 1. The van der Waals surface area contributed by atoms with Crippen LogP contribution in [0.15, 0.2) is 11.4 Å². The number of hydrogen-bond donors (Lipinski definition) is 1. The monoisotopic (exact) mass is 308 g/mol. The molecule has 3 nitrogen and oxygen atoms in total. The summed E-state index contributed by atoms with van der Waals surface area (Å²) in [5, 5.41) is 2.40. The maximum Gasteiger partial charge on any atom is 0.265 e. The second kappa shape index (κ2) is 6.75. The second-order valence-electron chi connectivity index (χ2n) is 4.62. The zero-order valence-electron chi connectivity index (χ0n) is 10.3. The van der Waals surface area contributed by atoms with Gasteiger partial charge in [0.25, 0.3) is 5.91 Å². The first-order chi connectivity index (χ1) is 8.13. The van der Waals surface area contributed by atoms with Gasteiger partial charge >= 0.3 is 0 Å². The van der Waals surface area contributed by atoms with Gasteiger partial charge in [-0.25, -0.2) is 0 Å². The Morgan fingerprint density at radius 3 is 2.94 bits per heavy atom. The molecule has 1 amide bonds. The smallest absolute Gasteiger partial charge is 0.265 e. The van der Waals surface area contributed by atoms with Crippen molar-refractivity contribution in [1.29, 1.82) is 0 Å². The van der Waals surface area contributed by atoms with Crippen LogP contribution < -0.4 is 5.73 Å². The lowest BCUT2D eigenvalue weighted by atomic mass is 9.92. The lowest BCUT2D eigenvalue weighted by Crippen LogP contribution is -2.49. The van der Waals surface area contributed by atoms with E-state index < -0.39 is 0 Å². The van der Waals surface area contributed by atoms with Crippen molar-refractivity contribution in [3.8, 4) is 0 Å². The van der Waals surface area contributed by atoms with Crippen molar-refractivity contribution >= 4 is 41.3 Å². The van der Waals surface area contributed by atoms with Gasteiger partial charge in [0.2, 0.25) is 0 Å². The number of carbonyl (C=O) groups is 1. The van der Waals surface area contributed by atoms with Crippen LogP contribution in [0.5, 0.6) is 0 Å². The number of likely N-dealkylation sites (tertiary alicyclic amines) is 1. The minimum Gasteiger partial charge on any atom is -0.334 e. The normalized spacial score (nSPS) is 23.6. The van der Waals surface area contributed by atoms with Gasteiger partial charge in [0.1, 0.15) is 4.88 Å². The van der Waals surface area contributed by atoms with E-state index in [1.165, 1.54) is 11.3 Å². The minimum atomic E-state index is 0. The zero-order valence-corrected chi connectivity index (χ0v) is 12.7. The zero-order chi connectivity index (χ0) is 12.4. The molecule has 0 aliphatic carbocycles. The first-order valence-corrected chi connectivity index (χ1v) is 7.13. The fourth-order valence-corrected chi connectivity index (χ4v) is 3.41. The minimum absolute atomic E-state index is 0. The van der Waals surface area contributed by atoms with Crippen LogP contribution in [0.25, 0.3) is 0 Å². The Balaban J connectivity index is 0.00000162. The van der Waals surface area contributed by atoms with Crippen LogP contribution in [0.4, 0.5) is 0 Å². The largest absolute Gasteiger partial charge is 0.334 e. The highest BCUT2D eigenvalue weighted by Gasteiger charge is 2.30. The molecule has 1 fully saturated rings. The van der Waals surface area contributed by atoms with Crippen LogP contribution in [0, 0.1) is 5.92 Å². The second-order valence-corrected chi connectivity index (χ2v) is 5.94. The van der Waals surface area contributed by atoms with Crippen molar-refractivity contribution in [2.45, 2.75) is 25.8 Å². The van der Waals surface area contributed by atoms with Crippen molar-refractivity contribution in [3.05, 3.63) is 21.3 Å². The molecule has 1 aliphatic rings. The Kier molecular flexibility index (Phi) is 5.92. The van der Waals surface area contributed by atoms with Gasteiger partial charge in [0.15, 0.2) is 0 Å². The standard InChI is InChI=1S/C12H17ClN2OS.ClH/c1-8-2-4-15(9(6-8)7-14)12(16)11-10(13)3-5-17-11;/h3,5,8-9H,2,4,6-7,14H2,1H3;1H. The van der Waals surface area contributed by atoms with Crippen molar-refractivity contribution < 1.29 is 4.79 Å². The number of hydrogen-bond acceptors (Lipinski definition) is 3. The van der Waals surface area contributed by atoms with Gasteiger partial charge in [-0.2, -0.15) is 0 Å². The van der Waals surface area contributed by atoms with Gasteiger partial charge in [0, 0.05) is 19.1 Å². The molecule has 0 radical (unpaired) electrons. The molecule has 2 rings (SSSR count). The van der Waals surface area contributed by atoms with E-state index in [1.54, 1.807) is 6.07 Å². The fraction of sp³-hybridized carbons (Fsp3) is 0.583. The highest BCUT2D eigenvalue weighted by molar-refractivity contribution is 7.12. The van der Waals surface area contributed by atoms with Crippen molar-refractivity contribution in [2.75, 3.05) is 13.1 Å². The van der Waals surface area contributed by atoms with Crippen LogP contribution in [0.1, 0.15) is 29.4 Å². The lowest BCUT2D eigenvalue weighted by Gasteiger charge is -2.37. The van der Waals surface area contributed by atoms with E-state index in [-0.39, 0.29) is 24.4 Å². The van der Waals surface area contributed by atoms with E-state index in [2.05, 4.69) is 6.92 Å². The summed E-state index contributed by atoms with van der Waals surface area (Å²) in [5.74, 6) is 0.679. The third-order valence-corrected chi connectivity index (χ3v) is 4.65. The van der Waals surface area contributed by atoms with E-state index in [9.17, 15) is 4.79 Å². The number of nitrogens with zero attached hydrogens (tertiary/aromatic N) is 1. The van der Waals surface area contributed by atoms with Gasteiger partial charge in [-0.05, 0) is 30.2 Å². The number of halogens is 2. The van der Waals surface area contributed by atoms with Crippen LogP contribution in [-0.4, -0.2) is 29.9 Å². The van der Waals surface area contributed by atoms with Crippen LogP contribution in [0.2, 0.25) is 5.02 Å². The molecular weight excluding hydrogens is 291 g/mol. The van der Waals surface area contributed by atoms with Crippen LogP contribution in [0.3, 0.4) is 0 Å². The van der Waals surface area contributed by atoms with Crippen molar-refractivity contribution in [1.82, 2.24) is 4.90 Å². The summed E-state index contributed by atoms with van der Waals surface area (Å²) in [7, 11) is 0. The van der Waals surface area contributed by atoms with Crippen LogP contribution in [-0.2, 0) is 0 Å². The van der Waals surface area contributed by atoms with E-state index in [1.807, 2.05) is 10.3 Å². The molecule has 1 aromatic rings. The van der Waals surface area contributed by atoms with Gasteiger partial charge < -0.3 is 10.6 Å². The Hall–Kier alpha value is -0.290. The number of amides is 1. The molecule has 102 valence electrons. The predicted molar refractivity (Wildman–Crippen MR) is 78.9 cm³/mol. The molecule has 18 heavy (non-hydrogen) atoms. The topological polar surface area (TPSA) is 46.3 Å². The molecule has 1 aliphatic heterocycles. The predicted octanol–water partition coefficient (Wildman–Crippen LogP) is 3.02. The summed E-state index contributed by atoms with van der Waals surface area (Å²) in [6.07, 6.45) is 2.04. The van der Waals surface area contributed by atoms with E-state index in [0.717, 1.165) is 19.4 Å². The van der Waals surface area contributed by atoms with Gasteiger partial charge in [0.05, 0.1) is 5.02 Å². The number of rotatable bonds is 2. The highest BCUT2D eigenvalue weighted by atomic mass is 35.5. The molecular formula is C12H18Cl2N2OS. The SMILES string of the molecule is CC1CCN(C(=O)c2sccc2Cl)C(CN)C1.Cl. The molecule has 2 heterocycles. The van der Waals surface area contributed by atoms with Gasteiger partial charge in [-0.3, -0.25) is 4.79 Å². The average Bonchev–Trinajstić information content (AvgIpc) is 2.74. The molecule has 1 aromatic heterocycles. The maximum atomic E-state index is 12.4. The third kappa shape index (κ3) is 3.18. The van der Waals surface area contributed by atoms with Crippen molar-refractivity contribution in [3.63, 3.8) is 0 Å². The number of nitrogens with two attached hydrogens (primary N) is 1. The molecule has 1 saturated heterocycles. The Morgan fingerprint density at radius 2 is 2.39 bits per heavy atom. The summed E-state index contributed by atoms with van der Waals surface area (Å²) < 4.78 is 0. The van der Waals surface area contributed by atoms with Crippen molar-refractivity contribution in [2.24, 2.45) is 11.7 Å². The van der Waals surface area contributed by atoms with E-state index in [4.69, 9.17) is 17.3 Å². The fourth-order valence-electron chi connectivity index (χ4n) is 2.32. The molecule has 2 atom stereocenters. The summed E-state index contributed by atoms with van der Waals surface area (Å²) in [4.78, 5) is 14.9. The molecule has 2 unspecified atom stereocenters. The first kappa shape index (κ1) is 15.8. The Labute approximate surface area is 123 Å². The number of carbonyl (C=O) groups excluding carboxylic acids is 1. The number of thiophene rings is 1. The first-order valence-electron chi connectivity index (χ1n) is 5.87. The van der Waals surface area contributed by atoms with Gasteiger partial charge in [-0.15, -0.1) is 23.7 Å². The quantitative estimate of drug-likeness (QED) is 0.913. The summed E-state index contributed by atoms with van der Waals surface area (Å²) in [6, 6.07) is 1.92. The Bertz CT molecular complexity index is 411. The highest BCUT2D eigenvalue weighted by Crippen LogP contribution is 2.28. The van der Waals surface area contributed by atoms with Crippen LogP contribution >= 0.6 is 35.3 Å².